The molecule has 0 aliphatic carbocycles. The monoisotopic (exact) mass is 284 g/mol. The van der Waals surface area contributed by atoms with Crippen LogP contribution in [0.15, 0.2) is 23.3 Å². The molecule has 0 spiro atoms. The first kappa shape index (κ1) is 18.9. The highest BCUT2D eigenvalue weighted by Gasteiger charge is 2.31. The largest absolute Gasteiger partial charge is 0.481 e. The van der Waals surface area contributed by atoms with Gasteiger partial charge in [0.05, 0.1) is 18.1 Å². The molecule has 20 heavy (non-hydrogen) atoms. The summed E-state index contributed by atoms with van der Waals surface area (Å²) in [5, 5.41) is 28.3. The fourth-order valence-corrected chi connectivity index (χ4v) is 1.85. The second kappa shape index (κ2) is 8.93. The normalized spacial score (nSPS) is 16.4. The fraction of sp³-hybridized carbons (Fsp3) is 0.688. The lowest BCUT2D eigenvalue weighted by Gasteiger charge is -2.27. The first-order valence-corrected chi connectivity index (χ1v) is 7.06. The first-order valence-electron chi connectivity index (χ1n) is 7.06. The van der Waals surface area contributed by atoms with E-state index in [0.29, 0.717) is 12.8 Å². The van der Waals surface area contributed by atoms with Gasteiger partial charge in [-0.05, 0) is 53.4 Å². The number of aliphatic hydroxyl groups excluding tert-OH is 1. The third-order valence-electron chi connectivity index (χ3n) is 3.32. The van der Waals surface area contributed by atoms with Gasteiger partial charge in [-0.2, -0.15) is 0 Å². The lowest BCUT2D eigenvalue weighted by molar-refractivity contribution is -0.145. The van der Waals surface area contributed by atoms with Gasteiger partial charge in [-0.25, -0.2) is 0 Å². The van der Waals surface area contributed by atoms with E-state index < -0.39 is 24.1 Å². The number of hydrogen-bond donors (Lipinski definition) is 3. The summed E-state index contributed by atoms with van der Waals surface area (Å²) in [6, 6.07) is 0. The molecule has 0 aromatic carbocycles. The van der Waals surface area contributed by atoms with E-state index in [-0.39, 0.29) is 0 Å². The zero-order valence-corrected chi connectivity index (χ0v) is 13.0. The molecule has 0 aromatic rings. The quantitative estimate of drug-likeness (QED) is 0.569. The molecule has 0 aliphatic heterocycles. The van der Waals surface area contributed by atoms with Crippen molar-refractivity contribution in [3.63, 3.8) is 0 Å². The predicted molar refractivity (Wildman–Crippen MR) is 80.5 cm³/mol. The lowest BCUT2D eigenvalue weighted by atomic mass is 9.91. The molecule has 2 atom stereocenters. The highest BCUT2D eigenvalue weighted by atomic mass is 16.4. The molecule has 0 amide bonds. The van der Waals surface area contributed by atoms with Crippen molar-refractivity contribution in [3.8, 4) is 0 Å². The number of hydrogen-bond acceptors (Lipinski definition) is 3. The Labute approximate surface area is 121 Å². The van der Waals surface area contributed by atoms with E-state index in [0.717, 1.165) is 12.8 Å². The average molecular weight is 284 g/mol. The molecule has 4 nitrogen and oxygen atoms in total. The van der Waals surface area contributed by atoms with Crippen molar-refractivity contribution >= 4 is 5.97 Å². The standard InChI is InChI=1S/C16H28O4/c1-12(2)7-5-8-13(3)9-6-10-16(4,20)14(17)11-15(18)19/h7,9,14,17,20H,5-6,8,10-11H2,1-4H3,(H,18,19)/b13-9-. The molecule has 0 saturated carbocycles. The maximum Gasteiger partial charge on any atom is 0.306 e. The highest BCUT2D eigenvalue weighted by molar-refractivity contribution is 5.67. The van der Waals surface area contributed by atoms with E-state index in [1.165, 1.54) is 18.1 Å². The Morgan fingerprint density at radius 3 is 2.30 bits per heavy atom. The molecule has 4 heteroatoms. The smallest absolute Gasteiger partial charge is 0.306 e. The molecule has 0 bridgehead atoms. The molecular formula is C16H28O4. The zero-order chi connectivity index (χ0) is 15.8. The van der Waals surface area contributed by atoms with Crippen molar-refractivity contribution in [1.29, 1.82) is 0 Å². The van der Waals surface area contributed by atoms with Crippen LogP contribution >= 0.6 is 0 Å². The minimum Gasteiger partial charge on any atom is -0.481 e. The van der Waals surface area contributed by atoms with Crippen LogP contribution in [0.4, 0.5) is 0 Å². The lowest BCUT2D eigenvalue weighted by Crippen LogP contribution is -2.40. The van der Waals surface area contributed by atoms with Crippen LogP contribution in [-0.2, 0) is 4.79 Å². The number of carbonyl (C=O) groups is 1. The van der Waals surface area contributed by atoms with E-state index in [2.05, 4.69) is 19.9 Å². The van der Waals surface area contributed by atoms with Crippen molar-refractivity contribution in [2.24, 2.45) is 0 Å². The van der Waals surface area contributed by atoms with Gasteiger partial charge in [0, 0.05) is 0 Å². The van der Waals surface area contributed by atoms with Crippen molar-refractivity contribution in [3.05, 3.63) is 23.3 Å². The Morgan fingerprint density at radius 2 is 1.80 bits per heavy atom. The molecule has 0 aliphatic rings. The maximum absolute atomic E-state index is 10.5. The van der Waals surface area contributed by atoms with Crippen LogP contribution in [0.1, 0.15) is 59.8 Å². The van der Waals surface area contributed by atoms with E-state index in [1.54, 1.807) is 0 Å². The summed E-state index contributed by atoms with van der Waals surface area (Å²) >= 11 is 0. The van der Waals surface area contributed by atoms with Crippen LogP contribution in [0.5, 0.6) is 0 Å². The minimum atomic E-state index is -1.37. The van der Waals surface area contributed by atoms with Gasteiger partial charge in [0.1, 0.15) is 0 Å². The van der Waals surface area contributed by atoms with Crippen LogP contribution in [0.2, 0.25) is 0 Å². The maximum atomic E-state index is 10.5. The summed E-state index contributed by atoms with van der Waals surface area (Å²) in [6.45, 7) is 7.66. The number of aliphatic hydroxyl groups is 2. The summed E-state index contributed by atoms with van der Waals surface area (Å²) in [7, 11) is 0. The van der Waals surface area contributed by atoms with E-state index in [4.69, 9.17) is 5.11 Å². The Kier molecular flexibility index (Phi) is 8.42. The number of allylic oxidation sites excluding steroid dienone is 4. The van der Waals surface area contributed by atoms with Crippen LogP contribution in [0.3, 0.4) is 0 Å². The van der Waals surface area contributed by atoms with E-state index in [9.17, 15) is 15.0 Å². The molecule has 116 valence electrons. The Bertz CT molecular complexity index is 363. The fourth-order valence-electron chi connectivity index (χ4n) is 1.85. The minimum absolute atomic E-state index is 0.349. The van der Waals surface area contributed by atoms with Gasteiger partial charge >= 0.3 is 5.97 Å². The van der Waals surface area contributed by atoms with Crippen LogP contribution < -0.4 is 0 Å². The van der Waals surface area contributed by atoms with Crippen molar-refractivity contribution in [1.82, 2.24) is 0 Å². The molecular weight excluding hydrogens is 256 g/mol. The van der Waals surface area contributed by atoms with Crippen molar-refractivity contribution < 1.29 is 20.1 Å². The number of carboxylic acids is 1. The van der Waals surface area contributed by atoms with Crippen LogP contribution in [0.25, 0.3) is 0 Å². The van der Waals surface area contributed by atoms with Gasteiger partial charge in [-0.1, -0.05) is 23.3 Å². The Balaban J connectivity index is 4.19. The van der Waals surface area contributed by atoms with Crippen molar-refractivity contribution in [2.75, 3.05) is 0 Å². The Morgan fingerprint density at radius 1 is 1.20 bits per heavy atom. The van der Waals surface area contributed by atoms with Crippen molar-refractivity contribution in [2.45, 2.75) is 71.5 Å². The van der Waals surface area contributed by atoms with Gasteiger partial charge in [-0.3, -0.25) is 4.79 Å². The van der Waals surface area contributed by atoms with Gasteiger partial charge in [-0.15, -0.1) is 0 Å². The van der Waals surface area contributed by atoms with Gasteiger partial charge < -0.3 is 15.3 Å². The molecule has 3 N–H and O–H groups in total. The SMILES string of the molecule is CC(C)=CCC/C(C)=C\CCC(C)(O)C(O)CC(=O)O. The third-order valence-corrected chi connectivity index (χ3v) is 3.32. The number of rotatable bonds is 9. The molecule has 0 heterocycles. The van der Waals surface area contributed by atoms with E-state index >= 15 is 0 Å². The predicted octanol–water partition coefficient (Wildman–Crippen LogP) is 3.05. The Hall–Kier alpha value is -1.13. The topological polar surface area (TPSA) is 77.8 Å². The highest BCUT2D eigenvalue weighted by Crippen LogP contribution is 2.21. The summed E-state index contributed by atoms with van der Waals surface area (Å²) in [6.07, 6.45) is 5.51. The van der Waals surface area contributed by atoms with Gasteiger partial charge in [0.25, 0.3) is 0 Å². The molecule has 0 aromatic heterocycles. The summed E-state index contributed by atoms with van der Waals surface area (Å²) in [5.41, 5.74) is 1.18. The first-order chi connectivity index (χ1) is 9.15. The summed E-state index contributed by atoms with van der Waals surface area (Å²) in [5.74, 6) is -1.11. The summed E-state index contributed by atoms with van der Waals surface area (Å²) in [4.78, 5) is 10.5. The van der Waals surface area contributed by atoms with Gasteiger partial charge in [0.15, 0.2) is 0 Å². The average Bonchev–Trinajstić information content (AvgIpc) is 2.27. The second-order valence-corrected chi connectivity index (χ2v) is 5.88. The zero-order valence-electron chi connectivity index (χ0n) is 13.0. The van der Waals surface area contributed by atoms with Gasteiger partial charge in [0.2, 0.25) is 0 Å². The van der Waals surface area contributed by atoms with Crippen LogP contribution in [-0.4, -0.2) is 33.0 Å². The number of carboxylic acid groups (broad SMARTS) is 1. The third kappa shape index (κ3) is 8.88. The summed E-state index contributed by atoms with van der Waals surface area (Å²) < 4.78 is 0. The second-order valence-electron chi connectivity index (χ2n) is 5.88. The molecule has 0 rings (SSSR count). The molecule has 2 unspecified atom stereocenters. The number of aliphatic carboxylic acids is 1. The van der Waals surface area contributed by atoms with E-state index in [1.807, 2.05) is 13.0 Å². The molecule has 0 fully saturated rings. The van der Waals surface area contributed by atoms with Crippen LogP contribution in [0, 0.1) is 0 Å². The molecule has 0 saturated heterocycles. The molecule has 0 radical (unpaired) electrons.